The Balaban J connectivity index is -0.000000114. The quantitative estimate of drug-likeness (QED) is 0.385. The summed E-state index contributed by atoms with van der Waals surface area (Å²) in [5, 5.41) is 0. The fourth-order valence-corrected chi connectivity index (χ4v) is 0. The maximum Gasteiger partial charge on any atom is 2.00 e. The molecule has 0 rings (SSSR count). The van der Waals surface area contributed by atoms with Crippen LogP contribution < -0.4 is 5.73 Å². The van der Waals surface area contributed by atoms with E-state index in [-0.39, 0.29) is 23.8 Å². The van der Waals surface area contributed by atoms with E-state index in [2.05, 4.69) is 55.4 Å². The van der Waals surface area contributed by atoms with E-state index in [0.717, 1.165) is 0 Å². The van der Waals surface area contributed by atoms with Crippen LogP contribution in [0.25, 0.3) is 0 Å². The van der Waals surface area contributed by atoms with Crippen molar-refractivity contribution < 1.29 is 19.5 Å². The van der Waals surface area contributed by atoms with Gasteiger partial charge >= 0.3 is 19.5 Å². The third-order valence-corrected chi connectivity index (χ3v) is 1.10. The monoisotopic (exact) mass is 276 g/mol. The van der Waals surface area contributed by atoms with Gasteiger partial charge in [-0.05, 0) is 0 Å². The molecular weight excluding hydrogens is 270 g/mol. The van der Waals surface area contributed by atoms with Crippen LogP contribution in [0.15, 0.2) is 0 Å². The van der Waals surface area contributed by atoms with Crippen LogP contribution in [0.2, 0.25) is 0 Å². The molecule has 0 atom stereocenters. The van der Waals surface area contributed by atoms with E-state index in [4.69, 9.17) is 0 Å². The number of hydrogen-bond donors (Lipinski definition) is 1. The van der Waals surface area contributed by atoms with Crippen molar-refractivity contribution in [1.82, 2.24) is 4.90 Å². The molecule has 0 aromatic carbocycles. The SMILES string of the molecule is CN(C)C(=S)[S-].NC(=S)[S-].[Zn+2]. The molecule has 60 valence electrons. The number of hydrogen-bond acceptors (Lipinski definition) is 4. The first-order valence-electron chi connectivity index (χ1n) is 2.22. The zero-order valence-corrected chi connectivity index (χ0v) is 12.6. The molecule has 0 aromatic rings. The van der Waals surface area contributed by atoms with E-state index in [1.165, 1.54) is 0 Å². The van der Waals surface area contributed by atoms with Crippen molar-refractivity contribution in [2.24, 2.45) is 5.73 Å². The Morgan fingerprint density at radius 2 is 1.36 bits per heavy atom. The number of rotatable bonds is 0. The Kier molecular flexibility index (Phi) is 17.6. The fourth-order valence-electron chi connectivity index (χ4n) is 0. The van der Waals surface area contributed by atoms with Crippen LogP contribution in [0.1, 0.15) is 0 Å². The third kappa shape index (κ3) is 36.1. The number of thiocarbonyl (C=S) groups is 2. The average molecular weight is 278 g/mol. The van der Waals surface area contributed by atoms with Crippen molar-refractivity contribution >= 4 is 58.3 Å². The molecule has 7 heteroatoms. The van der Waals surface area contributed by atoms with Crippen LogP contribution in [0.3, 0.4) is 0 Å². The Morgan fingerprint density at radius 1 is 1.27 bits per heavy atom. The molecule has 0 radical (unpaired) electrons. The van der Waals surface area contributed by atoms with Crippen LogP contribution in [-0.4, -0.2) is 27.6 Å². The van der Waals surface area contributed by atoms with Crippen LogP contribution in [0.4, 0.5) is 0 Å². The molecule has 0 heterocycles. The van der Waals surface area contributed by atoms with Crippen molar-refractivity contribution in [2.75, 3.05) is 14.1 Å². The van der Waals surface area contributed by atoms with Gasteiger partial charge in [-0.3, -0.25) is 0 Å². The summed E-state index contributed by atoms with van der Waals surface area (Å²) in [6.45, 7) is 0. The zero-order valence-electron chi connectivity index (χ0n) is 6.36. The van der Waals surface area contributed by atoms with Crippen molar-refractivity contribution in [3.8, 4) is 0 Å². The van der Waals surface area contributed by atoms with Crippen molar-refractivity contribution in [2.45, 2.75) is 0 Å². The first kappa shape index (κ1) is 17.8. The third-order valence-electron chi connectivity index (χ3n) is 0.365. The number of nitrogens with two attached hydrogens (primary N) is 1. The molecule has 0 bridgehead atoms. The normalized spacial score (nSPS) is 6.36. The van der Waals surface area contributed by atoms with E-state index < -0.39 is 0 Å². The Labute approximate surface area is 102 Å². The molecular formula is C4H8N2S4Zn. The molecule has 0 fully saturated rings. The van der Waals surface area contributed by atoms with E-state index in [9.17, 15) is 0 Å². The Bertz CT molecular complexity index is 123. The molecule has 2 nitrogen and oxygen atoms in total. The number of nitrogens with zero attached hydrogens (tertiary/aromatic N) is 1. The van der Waals surface area contributed by atoms with Gasteiger partial charge in [-0.1, -0.05) is 8.64 Å². The minimum atomic E-state index is 0. The molecule has 11 heavy (non-hydrogen) atoms. The molecule has 0 saturated carbocycles. The minimum Gasteiger partial charge on any atom is -0.415 e. The summed E-state index contributed by atoms with van der Waals surface area (Å²) in [5.41, 5.74) is 4.66. The largest absolute Gasteiger partial charge is 2.00 e. The van der Waals surface area contributed by atoms with Gasteiger partial charge in [-0.2, -0.15) is 0 Å². The van der Waals surface area contributed by atoms with Crippen LogP contribution in [0, 0.1) is 0 Å². The molecule has 0 aliphatic rings. The average Bonchev–Trinajstić information content (AvgIpc) is 1.63. The van der Waals surface area contributed by atoms with E-state index in [1.54, 1.807) is 4.90 Å². The van der Waals surface area contributed by atoms with Gasteiger partial charge < -0.3 is 60.3 Å². The summed E-state index contributed by atoms with van der Waals surface area (Å²) < 4.78 is 0.593. The fraction of sp³-hybridized carbons (Fsp3) is 0.500. The molecule has 0 saturated heterocycles. The van der Waals surface area contributed by atoms with Gasteiger partial charge in [0.25, 0.3) is 0 Å². The summed E-state index contributed by atoms with van der Waals surface area (Å²) in [6, 6.07) is 0. The molecule has 0 amide bonds. The van der Waals surface area contributed by atoms with Gasteiger partial charge in [0.05, 0.1) is 0 Å². The second kappa shape index (κ2) is 10.8. The van der Waals surface area contributed by atoms with E-state index >= 15 is 0 Å². The van der Waals surface area contributed by atoms with Crippen molar-refractivity contribution in [1.29, 1.82) is 0 Å². The first-order valence-corrected chi connectivity index (χ1v) is 3.86. The summed E-state index contributed by atoms with van der Waals surface area (Å²) >= 11 is 17.4. The van der Waals surface area contributed by atoms with E-state index in [0.29, 0.717) is 4.32 Å². The molecule has 0 aliphatic carbocycles. The summed E-state index contributed by atoms with van der Waals surface area (Å²) in [6.07, 6.45) is 0. The van der Waals surface area contributed by atoms with Crippen LogP contribution >= 0.6 is 24.4 Å². The first-order chi connectivity index (χ1) is 4.37. The van der Waals surface area contributed by atoms with Crippen LogP contribution in [0.5, 0.6) is 0 Å². The molecule has 0 unspecified atom stereocenters. The maximum absolute atomic E-state index is 4.66. The van der Waals surface area contributed by atoms with Gasteiger partial charge in [0.1, 0.15) is 0 Å². The molecule has 0 aliphatic heterocycles. The van der Waals surface area contributed by atoms with Gasteiger partial charge in [0.2, 0.25) is 0 Å². The Morgan fingerprint density at radius 3 is 1.36 bits per heavy atom. The standard InChI is InChI=1S/C3H7NS2.CH3NS2.Zn/c1-4(2)3(5)6;2-1(3)4;/h1-2H3,(H,5,6);(H3,2,3,4);/q;;+2/p-2. The summed E-state index contributed by atoms with van der Waals surface area (Å²) in [4.78, 5) is 1.71. The van der Waals surface area contributed by atoms with E-state index in [1.807, 2.05) is 14.1 Å². The van der Waals surface area contributed by atoms with Gasteiger partial charge in [-0.25, -0.2) is 0 Å². The van der Waals surface area contributed by atoms with Gasteiger partial charge in [0, 0.05) is 14.1 Å². The summed E-state index contributed by atoms with van der Waals surface area (Å²) in [5.74, 6) is 0. The van der Waals surface area contributed by atoms with Crippen LogP contribution in [-0.2, 0) is 44.7 Å². The second-order valence-electron chi connectivity index (χ2n) is 1.48. The predicted octanol–water partition coefficient (Wildman–Crippen LogP) is 0.154. The topological polar surface area (TPSA) is 29.3 Å². The Hall–Kier alpha value is 0.843. The predicted molar refractivity (Wildman–Crippen MR) is 57.8 cm³/mol. The maximum atomic E-state index is 4.66. The minimum absolute atomic E-state index is 0. The smallest absolute Gasteiger partial charge is 0.415 e. The van der Waals surface area contributed by atoms with Gasteiger partial charge in [-0.15, -0.1) is 0 Å². The van der Waals surface area contributed by atoms with Crippen molar-refractivity contribution in [3.63, 3.8) is 0 Å². The van der Waals surface area contributed by atoms with Gasteiger partial charge in [0.15, 0.2) is 0 Å². The molecule has 0 aromatic heterocycles. The van der Waals surface area contributed by atoms with Crippen molar-refractivity contribution in [3.05, 3.63) is 0 Å². The summed E-state index contributed by atoms with van der Waals surface area (Å²) in [7, 11) is 3.66. The molecule has 0 spiro atoms. The second-order valence-corrected chi connectivity index (χ2v) is 3.65. The zero-order chi connectivity index (χ0) is 8.73. The molecule has 2 N–H and O–H groups in total.